The monoisotopic (exact) mass is 191 g/mol. The Morgan fingerprint density at radius 1 is 1.33 bits per heavy atom. The van der Waals surface area contributed by atoms with Crippen molar-refractivity contribution in [3.8, 4) is 0 Å². The largest absolute Gasteiger partial charge is 0.392 e. The van der Waals surface area contributed by atoms with Gasteiger partial charge < -0.3 is 10.8 Å². The SMILES string of the molecule is CC(N)CCCSC(C)C(C)O. The standard InChI is InChI=1S/C9H21NOS/c1-7(10)5-4-6-12-9(3)8(2)11/h7-9,11H,4-6,10H2,1-3H3. The van der Waals surface area contributed by atoms with Crippen molar-refractivity contribution in [2.45, 2.75) is 51.0 Å². The molecule has 74 valence electrons. The van der Waals surface area contributed by atoms with Crippen LogP contribution in [0.2, 0.25) is 0 Å². The summed E-state index contributed by atoms with van der Waals surface area (Å²) in [5.41, 5.74) is 5.61. The Morgan fingerprint density at radius 3 is 2.33 bits per heavy atom. The zero-order valence-corrected chi connectivity index (χ0v) is 9.10. The molecule has 0 aromatic heterocycles. The summed E-state index contributed by atoms with van der Waals surface area (Å²) < 4.78 is 0. The highest BCUT2D eigenvalue weighted by molar-refractivity contribution is 7.99. The number of thioether (sulfide) groups is 1. The highest BCUT2D eigenvalue weighted by Gasteiger charge is 2.08. The first-order valence-electron chi connectivity index (χ1n) is 4.59. The van der Waals surface area contributed by atoms with Gasteiger partial charge in [0.05, 0.1) is 6.10 Å². The third-order valence-electron chi connectivity index (χ3n) is 1.86. The van der Waals surface area contributed by atoms with E-state index in [1.54, 1.807) is 0 Å². The molecule has 0 saturated carbocycles. The van der Waals surface area contributed by atoms with Crippen LogP contribution in [0.3, 0.4) is 0 Å². The fourth-order valence-electron chi connectivity index (χ4n) is 0.814. The van der Waals surface area contributed by atoms with E-state index in [9.17, 15) is 5.11 Å². The summed E-state index contributed by atoms with van der Waals surface area (Å²) >= 11 is 1.82. The van der Waals surface area contributed by atoms with Gasteiger partial charge in [0.1, 0.15) is 0 Å². The second-order valence-electron chi connectivity index (χ2n) is 3.44. The molecule has 0 aliphatic rings. The minimum Gasteiger partial charge on any atom is -0.392 e. The van der Waals surface area contributed by atoms with E-state index < -0.39 is 0 Å². The Bertz CT molecular complexity index is 107. The maximum Gasteiger partial charge on any atom is 0.0627 e. The van der Waals surface area contributed by atoms with Crippen LogP contribution in [0.15, 0.2) is 0 Å². The first-order valence-corrected chi connectivity index (χ1v) is 5.64. The van der Waals surface area contributed by atoms with Crippen LogP contribution in [-0.4, -0.2) is 28.3 Å². The molecule has 3 atom stereocenters. The molecule has 12 heavy (non-hydrogen) atoms. The van der Waals surface area contributed by atoms with Crippen molar-refractivity contribution in [1.29, 1.82) is 0 Å². The lowest BCUT2D eigenvalue weighted by Gasteiger charge is -2.13. The van der Waals surface area contributed by atoms with Crippen LogP contribution in [0.5, 0.6) is 0 Å². The number of hydrogen-bond acceptors (Lipinski definition) is 3. The normalized spacial score (nSPS) is 18.8. The fraction of sp³-hybridized carbons (Fsp3) is 1.00. The molecule has 0 aliphatic heterocycles. The Morgan fingerprint density at radius 2 is 1.92 bits per heavy atom. The lowest BCUT2D eigenvalue weighted by atomic mass is 10.2. The quantitative estimate of drug-likeness (QED) is 0.627. The van der Waals surface area contributed by atoms with Gasteiger partial charge in [0, 0.05) is 11.3 Å². The van der Waals surface area contributed by atoms with Gasteiger partial charge in [-0.3, -0.25) is 0 Å². The maximum absolute atomic E-state index is 9.18. The molecule has 0 aliphatic carbocycles. The van der Waals surface area contributed by atoms with Crippen molar-refractivity contribution >= 4 is 11.8 Å². The molecule has 3 unspecified atom stereocenters. The van der Waals surface area contributed by atoms with Gasteiger partial charge >= 0.3 is 0 Å². The van der Waals surface area contributed by atoms with Crippen LogP contribution in [0.1, 0.15) is 33.6 Å². The molecule has 0 bridgehead atoms. The molecule has 0 amide bonds. The lowest BCUT2D eigenvalue weighted by molar-refractivity contribution is 0.196. The highest BCUT2D eigenvalue weighted by Crippen LogP contribution is 2.15. The van der Waals surface area contributed by atoms with E-state index in [1.165, 1.54) is 0 Å². The molecule has 0 heterocycles. The zero-order valence-electron chi connectivity index (χ0n) is 8.29. The predicted octanol–water partition coefficient (Wildman–Crippen LogP) is 1.62. The summed E-state index contributed by atoms with van der Waals surface area (Å²) in [4.78, 5) is 0. The zero-order chi connectivity index (χ0) is 9.56. The third kappa shape index (κ3) is 6.95. The van der Waals surface area contributed by atoms with Crippen molar-refractivity contribution in [3.05, 3.63) is 0 Å². The second kappa shape index (κ2) is 6.75. The van der Waals surface area contributed by atoms with Gasteiger partial charge in [-0.15, -0.1) is 0 Å². The minimum absolute atomic E-state index is 0.203. The van der Waals surface area contributed by atoms with E-state index in [4.69, 9.17) is 5.73 Å². The molecule has 0 radical (unpaired) electrons. The van der Waals surface area contributed by atoms with Crippen LogP contribution in [0.25, 0.3) is 0 Å². The summed E-state index contributed by atoms with van der Waals surface area (Å²) in [6.45, 7) is 5.92. The van der Waals surface area contributed by atoms with Gasteiger partial charge in [0.15, 0.2) is 0 Å². The molecular formula is C9H21NOS. The number of hydrogen-bond donors (Lipinski definition) is 2. The summed E-state index contributed by atoms with van der Waals surface area (Å²) in [5, 5.41) is 9.53. The Hall–Kier alpha value is 0.270. The molecule has 0 rings (SSSR count). The van der Waals surface area contributed by atoms with Crippen LogP contribution in [0.4, 0.5) is 0 Å². The molecular weight excluding hydrogens is 170 g/mol. The smallest absolute Gasteiger partial charge is 0.0627 e. The van der Waals surface area contributed by atoms with Crippen LogP contribution in [-0.2, 0) is 0 Å². The third-order valence-corrected chi connectivity index (χ3v) is 3.31. The average Bonchev–Trinajstić information content (AvgIpc) is 1.97. The van der Waals surface area contributed by atoms with Crippen molar-refractivity contribution in [3.63, 3.8) is 0 Å². The summed E-state index contributed by atoms with van der Waals surface area (Å²) in [6.07, 6.45) is 2.03. The van der Waals surface area contributed by atoms with E-state index in [-0.39, 0.29) is 6.10 Å². The highest BCUT2D eigenvalue weighted by atomic mass is 32.2. The molecule has 0 aromatic carbocycles. The minimum atomic E-state index is -0.203. The molecule has 3 heteroatoms. The van der Waals surface area contributed by atoms with Crippen LogP contribution < -0.4 is 5.73 Å². The van der Waals surface area contributed by atoms with Gasteiger partial charge in [0.25, 0.3) is 0 Å². The van der Waals surface area contributed by atoms with E-state index in [0.29, 0.717) is 11.3 Å². The molecule has 0 spiro atoms. The van der Waals surface area contributed by atoms with Gasteiger partial charge in [-0.05, 0) is 32.4 Å². The van der Waals surface area contributed by atoms with E-state index in [2.05, 4.69) is 6.92 Å². The maximum atomic E-state index is 9.18. The van der Waals surface area contributed by atoms with Crippen molar-refractivity contribution in [2.24, 2.45) is 5.73 Å². The van der Waals surface area contributed by atoms with Crippen LogP contribution in [0, 0.1) is 0 Å². The van der Waals surface area contributed by atoms with E-state index in [0.717, 1.165) is 18.6 Å². The Labute approximate surface area is 79.9 Å². The first kappa shape index (κ1) is 12.3. The van der Waals surface area contributed by atoms with Gasteiger partial charge in [-0.2, -0.15) is 11.8 Å². The summed E-state index contributed by atoms with van der Waals surface area (Å²) in [5.74, 6) is 1.10. The van der Waals surface area contributed by atoms with Gasteiger partial charge in [0.2, 0.25) is 0 Å². The number of aliphatic hydroxyl groups is 1. The first-order chi connectivity index (χ1) is 5.54. The van der Waals surface area contributed by atoms with Crippen molar-refractivity contribution in [1.82, 2.24) is 0 Å². The number of nitrogens with two attached hydrogens (primary N) is 1. The average molecular weight is 191 g/mol. The Balaban J connectivity index is 3.20. The molecule has 0 fully saturated rings. The fourth-order valence-corrected chi connectivity index (χ4v) is 1.80. The van der Waals surface area contributed by atoms with Crippen molar-refractivity contribution in [2.75, 3.05) is 5.75 Å². The van der Waals surface area contributed by atoms with Gasteiger partial charge in [-0.25, -0.2) is 0 Å². The second-order valence-corrected chi connectivity index (χ2v) is 4.92. The summed E-state index contributed by atoms with van der Waals surface area (Å²) in [6, 6.07) is 0.312. The predicted molar refractivity (Wildman–Crippen MR) is 56.5 cm³/mol. The molecule has 3 N–H and O–H groups in total. The Kier molecular flexibility index (Phi) is 6.90. The van der Waals surface area contributed by atoms with Crippen LogP contribution >= 0.6 is 11.8 Å². The molecule has 0 saturated heterocycles. The van der Waals surface area contributed by atoms with E-state index >= 15 is 0 Å². The van der Waals surface area contributed by atoms with Gasteiger partial charge in [-0.1, -0.05) is 6.92 Å². The number of aliphatic hydroxyl groups excluding tert-OH is 1. The lowest BCUT2D eigenvalue weighted by Crippen LogP contribution is -2.17. The number of rotatable bonds is 6. The molecule has 0 aromatic rings. The molecule has 2 nitrogen and oxygen atoms in total. The summed E-state index contributed by atoms with van der Waals surface area (Å²) in [7, 11) is 0. The van der Waals surface area contributed by atoms with Crippen molar-refractivity contribution < 1.29 is 5.11 Å². The topological polar surface area (TPSA) is 46.2 Å². The van der Waals surface area contributed by atoms with E-state index in [1.807, 2.05) is 25.6 Å².